The fourth-order valence-electron chi connectivity index (χ4n) is 1.62. The minimum absolute atomic E-state index is 0.00627. The van der Waals surface area contributed by atoms with E-state index in [-0.39, 0.29) is 18.2 Å². The second kappa shape index (κ2) is 5.53. The van der Waals surface area contributed by atoms with E-state index in [0.29, 0.717) is 36.7 Å². The van der Waals surface area contributed by atoms with Gasteiger partial charge in [0, 0.05) is 12.0 Å². The highest BCUT2D eigenvalue weighted by Gasteiger charge is 2.15. The van der Waals surface area contributed by atoms with E-state index >= 15 is 0 Å². The maximum Gasteiger partial charge on any atom is 0.220 e. The number of ketones is 1. The topological polar surface area (TPSA) is 64.6 Å². The molecule has 18 heavy (non-hydrogen) atoms. The summed E-state index contributed by atoms with van der Waals surface area (Å²) < 4.78 is 10.8. The number of hydrogen-bond donors (Lipinski definition) is 1. The zero-order valence-corrected chi connectivity index (χ0v) is 10.2. The predicted octanol–water partition coefficient (Wildman–Crippen LogP) is 1.17. The number of nitrogens with one attached hydrogen (secondary N) is 1. The van der Waals surface area contributed by atoms with Crippen LogP contribution in [-0.2, 0) is 4.79 Å². The van der Waals surface area contributed by atoms with Crippen LogP contribution in [-0.4, -0.2) is 31.4 Å². The number of rotatable bonds is 4. The van der Waals surface area contributed by atoms with Gasteiger partial charge in [-0.2, -0.15) is 0 Å². The van der Waals surface area contributed by atoms with Crippen molar-refractivity contribution in [2.75, 3.05) is 19.8 Å². The van der Waals surface area contributed by atoms with Gasteiger partial charge in [-0.3, -0.25) is 9.59 Å². The molecule has 1 aliphatic heterocycles. The lowest BCUT2D eigenvalue weighted by Gasteiger charge is -2.18. The average Bonchev–Trinajstić information content (AvgIpc) is 2.43. The Morgan fingerprint density at radius 3 is 2.67 bits per heavy atom. The summed E-state index contributed by atoms with van der Waals surface area (Å²) in [7, 11) is 0. The second-order valence-corrected chi connectivity index (χ2v) is 3.91. The number of benzene rings is 1. The monoisotopic (exact) mass is 249 g/mol. The average molecular weight is 249 g/mol. The first-order valence-corrected chi connectivity index (χ1v) is 5.90. The Morgan fingerprint density at radius 2 is 1.94 bits per heavy atom. The molecule has 1 N–H and O–H groups in total. The lowest BCUT2D eigenvalue weighted by molar-refractivity contribution is -0.120. The number of hydrogen-bond acceptors (Lipinski definition) is 4. The molecular weight excluding hydrogens is 234 g/mol. The number of amides is 1. The van der Waals surface area contributed by atoms with Crippen LogP contribution in [0.25, 0.3) is 0 Å². The highest BCUT2D eigenvalue weighted by Crippen LogP contribution is 2.30. The van der Waals surface area contributed by atoms with E-state index in [9.17, 15) is 9.59 Å². The van der Waals surface area contributed by atoms with Crippen molar-refractivity contribution in [3.8, 4) is 11.5 Å². The molecule has 0 unspecified atom stereocenters. The molecule has 1 aromatic carbocycles. The van der Waals surface area contributed by atoms with E-state index in [4.69, 9.17) is 9.47 Å². The van der Waals surface area contributed by atoms with Gasteiger partial charge in [0.2, 0.25) is 5.91 Å². The van der Waals surface area contributed by atoms with Gasteiger partial charge < -0.3 is 14.8 Å². The van der Waals surface area contributed by atoms with Crippen molar-refractivity contribution < 1.29 is 19.1 Å². The van der Waals surface area contributed by atoms with Gasteiger partial charge in [0.1, 0.15) is 13.2 Å². The van der Waals surface area contributed by atoms with Gasteiger partial charge in [-0.05, 0) is 18.2 Å². The summed E-state index contributed by atoms with van der Waals surface area (Å²) in [5.74, 6) is 0.943. The first-order chi connectivity index (χ1) is 8.70. The predicted molar refractivity (Wildman–Crippen MR) is 65.1 cm³/mol. The van der Waals surface area contributed by atoms with E-state index < -0.39 is 0 Å². The summed E-state index contributed by atoms with van der Waals surface area (Å²) in [4.78, 5) is 22.9. The normalized spacial score (nSPS) is 12.9. The second-order valence-electron chi connectivity index (χ2n) is 3.91. The molecule has 0 radical (unpaired) electrons. The maximum atomic E-state index is 11.8. The Morgan fingerprint density at radius 1 is 1.22 bits per heavy atom. The molecular formula is C13H15NO4. The van der Waals surface area contributed by atoms with Crippen molar-refractivity contribution in [1.29, 1.82) is 0 Å². The van der Waals surface area contributed by atoms with Crippen molar-refractivity contribution in [2.24, 2.45) is 0 Å². The van der Waals surface area contributed by atoms with E-state index in [1.807, 2.05) is 0 Å². The Hall–Kier alpha value is -2.04. The van der Waals surface area contributed by atoms with Gasteiger partial charge in [-0.1, -0.05) is 6.92 Å². The first-order valence-electron chi connectivity index (χ1n) is 5.90. The maximum absolute atomic E-state index is 11.8. The third kappa shape index (κ3) is 2.80. The number of carbonyl (C=O) groups excluding carboxylic acids is 2. The summed E-state index contributed by atoms with van der Waals surface area (Å²) in [6.07, 6.45) is 0.369. The molecule has 0 aromatic heterocycles. The Bertz CT molecular complexity index is 470. The van der Waals surface area contributed by atoms with Crippen molar-refractivity contribution in [1.82, 2.24) is 5.32 Å². The van der Waals surface area contributed by atoms with Gasteiger partial charge >= 0.3 is 0 Å². The van der Waals surface area contributed by atoms with E-state index in [1.54, 1.807) is 25.1 Å². The molecule has 0 saturated carbocycles. The first kappa shape index (κ1) is 12.4. The summed E-state index contributed by atoms with van der Waals surface area (Å²) in [5, 5.41) is 2.55. The third-order valence-corrected chi connectivity index (χ3v) is 2.63. The smallest absolute Gasteiger partial charge is 0.220 e. The van der Waals surface area contributed by atoms with E-state index in [2.05, 4.69) is 5.32 Å². The molecule has 2 rings (SSSR count). The third-order valence-electron chi connectivity index (χ3n) is 2.63. The zero-order valence-electron chi connectivity index (χ0n) is 10.2. The molecule has 96 valence electrons. The largest absolute Gasteiger partial charge is 0.486 e. The van der Waals surface area contributed by atoms with Gasteiger partial charge in [0.15, 0.2) is 17.3 Å². The molecule has 0 aliphatic carbocycles. The van der Waals surface area contributed by atoms with E-state index in [0.717, 1.165) is 0 Å². The summed E-state index contributed by atoms with van der Waals surface area (Å²) in [5.41, 5.74) is 0.510. The van der Waals surface area contributed by atoms with Crippen LogP contribution in [0.1, 0.15) is 23.7 Å². The lowest BCUT2D eigenvalue weighted by Crippen LogP contribution is -2.28. The van der Waals surface area contributed by atoms with Crippen molar-refractivity contribution >= 4 is 11.7 Å². The van der Waals surface area contributed by atoms with E-state index in [1.165, 1.54) is 0 Å². The minimum Gasteiger partial charge on any atom is -0.486 e. The van der Waals surface area contributed by atoms with Crippen molar-refractivity contribution in [3.05, 3.63) is 23.8 Å². The molecule has 5 heteroatoms. The fourth-order valence-corrected chi connectivity index (χ4v) is 1.62. The standard InChI is InChI=1S/C13H15NO4/c1-2-13(16)14-8-10(15)9-3-4-11-12(7-9)18-6-5-17-11/h3-4,7H,2,5-6,8H2,1H3,(H,14,16). The summed E-state index contributed by atoms with van der Waals surface area (Å²) in [6.45, 7) is 2.75. The highest BCUT2D eigenvalue weighted by molar-refractivity contribution is 5.99. The van der Waals surface area contributed by atoms with Crippen LogP contribution in [0.2, 0.25) is 0 Å². The SMILES string of the molecule is CCC(=O)NCC(=O)c1ccc2c(c1)OCCO2. The van der Waals surface area contributed by atoms with Gasteiger partial charge in [0.05, 0.1) is 6.54 Å². The van der Waals surface area contributed by atoms with Crippen LogP contribution < -0.4 is 14.8 Å². The number of ether oxygens (including phenoxy) is 2. The molecule has 1 heterocycles. The Balaban J connectivity index is 2.04. The summed E-state index contributed by atoms with van der Waals surface area (Å²) >= 11 is 0. The summed E-state index contributed by atoms with van der Waals surface area (Å²) in [6, 6.07) is 5.03. The zero-order chi connectivity index (χ0) is 13.0. The molecule has 0 spiro atoms. The highest BCUT2D eigenvalue weighted by atomic mass is 16.6. The Kier molecular flexibility index (Phi) is 3.82. The van der Waals surface area contributed by atoms with Crippen LogP contribution in [0.4, 0.5) is 0 Å². The number of carbonyl (C=O) groups is 2. The molecule has 5 nitrogen and oxygen atoms in total. The van der Waals surface area contributed by atoms with Crippen LogP contribution in [0.15, 0.2) is 18.2 Å². The number of Topliss-reactive ketones (excluding diaryl/α,β-unsaturated/α-hetero) is 1. The fraction of sp³-hybridized carbons (Fsp3) is 0.385. The molecule has 0 saturated heterocycles. The van der Waals surface area contributed by atoms with Crippen LogP contribution in [0.3, 0.4) is 0 Å². The number of fused-ring (bicyclic) bond motifs is 1. The van der Waals surface area contributed by atoms with Gasteiger partial charge in [0.25, 0.3) is 0 Å². The quantitative estimate of drug-likeness (QED) is 0.813. The minimum atomic E-state index is -0.145. The van der Waals surface area contributed by atoms with Crippen molar-refractivity contribution in [2.45, 2.75) is 13.3 Å². The van der Waals surface area contributed by atoms with Gasteiger partial charge in [-0.15, -0.1) is 0 Å². The van der Waals surface area contributed by atoms with Gasteiger partial charge in [-0.25, -0.2) is 0 Å². The molecule has 1 aromatic rings. The molecule has 1 aliphatic rings. The van der Waals surface area contributed by atoms with Crippen molar-refractivity contribution in [3.63, 3.8) is 0 Å². The molecule has 0 atom stereocenters. The molecule has 1 amide bonds. The lowest BCUT2D eigenvalue weighted by atomic mass is 10.1. The molecule has 0 bridgehead atoms. The van der Waals surface area contributed by atoms with Crippen LogP contribution in [0, 0.1) is 0 Å². The van der Waals surface area contributed by atoms with Crippen LogP contribution in [0.5, 0.6) is 11.5 Å². The van der Waals surface area contributed by atoms with Crippen LogP contribution >= 0.6 is 0 Å². The Labute approximate surface area is 105 Å². The molecule has 0 fully saturated rings.